The highest BCUT2D eigenvalue weighted by atomic mass is 32.2. The largest absolute Gasteiger partial charge is 0.320 e. The molecule has 0 aliphatic carbocycles. The lowest BCUT2D eigenvalue weighted by Crippen LogP contribution is -2.20. The van der Waals surface area contributed by atoms with Crippen LogP contribution in [0.25, 0.3) is 0 Å². The van der Waals surface area contributed by atoms with E-state index >= 15 is 0 Å². The van der Waals surface area contributed by atoms with E-state index in [1.807, 2.05) is 0 Å². The van der Waals surface area contributed by atoms with Crippen molar-refractivity contribution in [3.63, 3.8) is 0 Å². The van der Waals surface area contributed by atoms with Gasteiger partial charge in [0.05, 0.1) is 11.4 Å². The lowest BCUT2D eigenvalue weighted by molar-refractivity contribution is 0.596. The molecule has 0 fully saturated rings. The van der Waals surface area contributed by atoms with Crippen LogP contribution in [0.4, 0.5) is 10.1 Å². The third-order valence-corrected chi connectivity index (χ3v) is 3.53. The highest BCUT2D eigenvalue weighted by molar-refractivity contribution is 7.92. The highest BCUT2D eigenvalue weighted by Gasteiger charge is 2.10. The number of nitrogens with one attached hydrogen (secondary N) is 2. The minimum Gasteiger partial charge on any atom is -0.320 e. The molecule has 1 aromatic carbocycles. The maximum absolute atomic E-state index is 13.1. The third kappa shape index (κ3) is 5.14. The van der Waals surface area contributed by atoms with Gasteiger partial charge in [-0.3, -0.25) is 4.72 Å². The first-order valence-corrected chi connectivity index (χ1v) is 7.00. The molecule has 0 spiro atoms. The predicted molar refractivity (Wildman–Crippen MR) is 67.1 cm³/mol. The van der Waals surface area contributed by atoms with Gasteiger partial charge in [0.15, 0.2) is 0 Å². The van der Waals surface area contributed by atoms with Crippen LogP contribution >= 0.6 is 0 Å². The summed E-state index contributed by atoms with van der Waals surface area (Å²) in [5.41, 5.74) is 0.949. The number of aryl methyl sites for hydroxylation is 1. The van der Waals surface area contributed by atoms with E-state index in [0.29, 0.717) is 18.5 Å². The number of benzene rings is 1. The fraction of sp³-hybridized carbons (Fsp3) is 0.455. The molecule has 96 valence electrons. The maximum Gasteiger partial charge on any atom is 0.232 e. The van der Waals surface area contributed by atoms with Crippen LogP contribution in [-0.2, 0) is 10.0 Å². The molecule has 0 unspecified atom stereocenters. The Balaban J connectivity index is 2.69. The zero-order chi connectivity index (χ0) is 12.9. The molecule has 1 rings (SSSR count). The van der Waals surface area contributed by atoms with E-state index in [0.717, 1.165) is 0 Å². The molecule has 0 bridgehead atoms. The summed E-state index contributed by atoms with van der Waals surface area (Å²) in [5.74, 6) is -0.429. The van der Waals surface area contributed by atoms with Crippen LogP contribution in [0.2, 0.25) is 0 Å². The Hall–Kier alpha value is -1.14. The third-order valence-electron chi connectivity index (χ3n) is 2.16. The lowest BCUT2D eigenvalue weighted by Gasteiger charge is -2.08. The molecule has 0 heterocycles. The van der Waals surface area contributed by atoms with Gasteiger partial charge < -0.3 is 5.32 Å². The number of halogens is 1. The van der Waals surface area contributed by atoms with Gasteiger partial charge in [0.25, 0.3) is 0 Å². The lowest BCUT2D eigenvalue weighted by atomic mass is 10.2. The van der Waals surface area contributed by atoms with Crippen molar-refractivity contribution in [3.8, 4) is 0 Å². The van der Waals surface area contributed by atoms with Gasteiger partial charge in [0.2, 0.25) is 10.0 Å². The smallest absolute Gasteiger partial charge is 0.232 e. The number of hydrogen-bond donors (Lipinski definition) is 2. The summed E-state index contributed by atoms with van der Waals surface area (Å²) in [6.45, 7) is 2.34. The fourth-order valence-electron chi connectivity index (χ4n) is 1.46. The van der Waals surface area contributed by atoms with E-state index in [9.17, 15) is 12.8 Å². The summed E-state index contributed by atoms with van der Waals surface area (Å²) in [4.78, 5) is 0. The Labute approximate surface area is 101 Å². The van der Waals surface area contributed by atoms with Crippen molar-refractivity contribution in [2.75, 3.05) is 24.1 Å². The molecule has 1 aromatic rings. The molecule has 0 aromatic heterocycles. The average Bonchev–Trinajstić information content (AvgIpc) is 2.14. The summed E-state index contributed by atoms with van der Waals surface area (Å²) in [7, 11) is -1.64. The molecule has 6 heteroatoms. The van der Waals surface area contributed by atoms with Gasteiger partial charge in [-0.1, -0.05) is 0 Å². The average molecular weight is 260 g/mol. The molecule has 17 heavy (non-hydrogen) atoms. The molecule has 0 aliphatic heterocycles. The van der Waals surface area contributed by atoms with Gasteiger partial charge in [0, 0.05) is 0 Å². The van der Waals surface area contributed by atoms with Gasteiger partial charge in [-0.05, 0) is 50.7 Å². The van der Waals surface area contributed by atoms with Crippen molar-refractivity contribution in [2.45, 2.75) is 13.3 Å². The standard InChI is InChI=1S/C11H17FN2O2S/c1-9-6-10(12)8-11(7-9)14-17(15,16)5-3-4-13-2/h6-8,13-14H,3-5H2,1-2H3. The van der Waals surface area contributed by atoms with E-state index in [1.165, 1.54) is 12.1 Å². The summed E-state index contributed by atoms with van der Waals surface area (Å²) in [6, 6.07) is 4.11. The van der Waals surface area contributed by atoms with Gasteiger partial charge in [-0.15, -0.1) is 0 Å². The Morgan fingerprint density at radius 3 is 2.59 bits per heavy atom. The van der Waals surface area contributed by atoms with E-state index in [-0.39, 0.29) is 11.4 Å². The van der Waals surface area contributed by atoms with E-state index in [4.69, 9.17) is 0 Å². The van der Waals surface area contributed by atoms with Crippen molar-refractivity contribution in [1.82, 2.24) is 5.32 Å². The van der Waals surface area contributed by atoms with Crippen LogP contribution in [0.1, 0.15) is 12.0 Å². The van der Waals surface area contributed by atoms with Gasteiger partial charge >= 0.3 is 0 Å². The molecular formula is C11H17FN2O2S. The zero-order valence-corrected chi connectivity index (χ0v) is 10.8. The minimum atomic E-state index is -3.40. The number of hydrogen-bond acceptors (Lipinski definition) is 3. The summed E-state index contributed by atoms with van der Waals surface area (Å²) < 4.78 is 38.7. The Bertz CT molecular complexity index is 454. The molecule has 0 saturated heterocycles. The SMILES string of the molecule is CNCCCS(=O)(=O)Nc1cc(C)cc(F)c1. The van der Waals surface area contributed by atoms with Gasteiger partial charge in [-0.25, -0.2) is 12.8 Å². The second-order valence-electron chi connectivity index (χ2n) is 3.90. The first-order chi connectivity index (χ1) is 7.93. The first kappa shape index (κ1) is 13.9. The molecule has 0 saturated carbocycles. The molecule has 0 aliphatic rings. The Kier molecular flexibility index (Phi) is 4.89. The van der Waals surface area contributed by atoms with Crippen molar-refractivity contribution in [3.05, 3.63) is 29.6 Å². The molecule has 0 atom stereocenters. The minimum absolute atomic E-state index is 0.0173. The normalized spacial score (nSPS) is 11.5. The van der Waals surface area contributed by atoms with Gasteiger partial charge in [0.1, 0.15) is 5.82 Å². The summed E-state index contributed by atoms with van der Waals surface area (Å²) >= 11 is 0. The van der Waals surface area contributed by atoms with Crippen LogP contribution in [0.15, 0.2) is 18.2 Å². The van der Waals surface area contributed by atoms with Crippen LogP contribution in [0.3, 0.4) is 0 Å². The highest BCUT2D eigenvalue weighted by Crippen LogP contribution is 2.14. The zero-order valence-electron chi connectivity index (χ0n) is 9.96. The van der Waals surface area contributed by atoms with Crippen molar-refractivity contribution < 1.29 is 12.8 Å². The summed E-state index contributed by atoms with van der Waals surface area (Å²) in [5, 5.41) is 2.87. The van der Waals surface area contributed by atoms with Crippen molar-refractivity contribution in [2.24, 2.45) is 0 Å². The predicted octanol–water partition coefficient (Wildman–Crippen LogP) is 1.49. The van der Waals surface area contributed by atoms with Crippen LogP contribution in [0, 0.1) is 12.7 Å². The van der Waals surface area contributed by atoms with Crippen LogP contribution in [-0.4, -0.2) is 27.8 Å². The monoisotopic (exact) mass is 260 g/mol. The Morgan fingerprint density at radius 1 is 1.29 bits per heavy atom. The van der Waals surface area contributed by atoms with Crippen molar-refractivity contribution in [1.29, 1.82) is 0 Å². The second kappa shape index (κ2) is 5.97. The topological polar surface area (TPSA) is 58.2 Å². The van der Waals surface area contributed by atoms with Crippen LogP contribution < -0.4 is 10.0 Å². The van der Waals surface area contributed by atoms with E-state index < -0.39 is 15.8 Å². The number of sulfonamides is 1. The Morgan fingerprint density at radius 2 is 2.00 bits per heavy atom. The molecule has 2 N–H and O–H groups in total. The maximum atomic E-state index is 13.1. The second-order valence-corrected chi connectivity index (χ2v) is 5.74. The molecule has 0 radical (unpaired) electrons. The quantitative estimate of drug-likeness (QED) is 0.762. The van der Waals surface area contributed by atoms with E-state index in [1.54, 1.807) is 20.0 Å². The number of anilines is 1. The molecular weight excluding hydrogens is 243 g/mol. The van der Waals surface area contributed by atoms with Gasteiger partial charge in [-0.2, -0.15) is 0 Å². The van der Waals surface area contributed by atoms with Crippen molar-refractivity contribution >= 4 is 15.7 Å². The fourth-order valence-corrected chi connectivity index (χ4v) is 2.57. The molecule has 0 amide bonds. The molecule has 4 nitrogen and oxygen atoms in total. The first-order valence-electron chi connectivity index (χ1n) is 5.35. The van der Waals surface area contributed by atoms with Crippen LogP contribution in [0.5, 0.6) is 0 Å². The van der Waals surface area contributed by atoms with E-state index in [2.05, 4.69) is 10.0 Å². The summed E-state index contributed by atoms with van der Waals surface area (Å²) in [6.07, 6.45) is 0.514. The number of rotatable bonds is 6.